The van der Waals surface area contributed by atoms with Crippen molar-refractivity contribution >= 4 is 17.6 Å². The number of benzene rings is 1. The van der Waals surface area contributed by atoms with E-state index in [-0.39, 0.29) is 0 Å². The van der Waals surface area contributed by atoms with Crippen molar-refractivity contribution < 1.29 is 9.90 Å². The van der Waals surface area contributed by atoms with Crippen LogP contribution < -0.4 is 0 Å². The quantitative estimate of drug-likeness (QED) is 0.852. The summed E-state index contributed by atoms with van der Waals surface area (Å²) in [4.78, 5) is 11.1. The van der Waals surface area contributed by atoms with E-state index in [1.165, 1.54) is 12.8 Å². The van der Waals surface area contributed by atoms with Crippen LogP contribution in [0.4, 0.5) is 0 Å². The summed E-state index contributed by atoms with van der Waals surface area (Å²) < 4.78 is 0. The van der Waals surface area contributed by atoms with E-state index in [4.69, 9.17) is 16.7 Å². The zero-order chi connectivity index (χ0) is 10.8. The fraction of sp³-hybridized carbons (Fsp3) is 0.417. The van der Waals surface area contributed by atoms with Gasteiger partial charge >= 0.3 is 5.97 Å². The Morgan fingerprint density at radius 3 is 2.80 bits per heavy atom. The Morgan fingerprint density at radius 1 is 1.53 bits per heavy atom. The van der Waals surface area contributed by atoms with Crippen LogP contribution in [0.15, 0.2) is 24.3 Å². The van der Waals surface area contributed by atoms with Crippen LogP contribution in [0.2, 0.25) is 5.02 Å². The minimum Gasteiger partial charge on any atom is -0.481 e. The zero-order valence-electron chi connectivity index (χ0n) is 8.32. The van der Waals surface area contributed by atoms with Crippen molar-refractivity contribution in [2.75, 3.05) is 0 Å². The molecule has 1 saturated carbocycles. The third kappa shape index (κ3) is 2.72. The van der Waals surface area contributed by atoms with Gasteiger partial charge in [-0.1, -0.05) is 36.6 Å². The van der Waals surface area contributed by atoms with E-state index in [9.17, 15) is 4.79 Å². The normalized spacial score (nSPS) is 17.4. The molecule has 0 aliphatic heterocycles. The number of carboxylic acids is 1. The second kappa shape index (κ2) is 4.23. The van der Waals surface area contributed by atoms with Gasteiger partial charge in [-0.3, -0.25) is 4.79 Å². The highest BCUT2D eigenvalue weighted by Gasteiger charge is 2.30. The molecular weight excluding hydrogens is 212 g/mol. The van der Waals surface area contributed by atoms with Crippen molar-refractivity contribution in [3.8, 4) is 0 Å². The van der Waals surface area contributed by atoms with Gasteiger partial charge in [0.2, 0.25) is 0 Å². The summed E-state index contributed by atoms with van der Waals surface area (Å²) in [7, 11) is 0. The average Bonchev–Trinajstić information content (AvgIpc) is 2.97. The highest BCUT2D eigenvalue weighted by molar-refractivity contribution is 6.30. The predicted molar refractivity (Wildman–Crippen MR) is 59.2 cm³/mol. The molecule has 15 heavy (non-hydrogen) atoms. The van der Waals surface area contributed by atoms with Gasteiger partial charge in [0.05, 0.1) is 5.92 Å². The van der Waals surface area contributed by atoms with E-state index >= 15 is 0 Å². The first-order valence-corrected chi connectivity index (χ1v) is 5.53. The number of carboxylic acid groups (broad SMARTS) is 1. The van der Waals surface area contributed by atoms with Gasteiger partial charge in [-0.2, -0.15) is 0 Å². The van der Waals surface area contributed by atoms with Crippen molar-refractivity contribution in [1.29, 1.82) is 0 Å². The molecule has 0 bridgehead atoms. The monoisotopic (exact) mass is 224 g/mol. The van der Waals surface area contributed by atoms with E-state index < -0.39 is 11.9 Å². The van der Waals surface area contributed by atoms with Crippen LogP contribution in [-0.4, -0.2) is 11.1 Å². The van der Waals surface area contributed by atoms with Crippen molar-refractivity contribution in [2.45, 2.75) is 25.2 Å². The van der Waals surface area contributed by atoms with Crippen molar-refractivity contribution in [2.24, 2.45) is 5.92 Å². The van der Waals surface area contributed by atoms with E-state index in [0.29, 0.717) is 10.9 Å². The SMILES string of the molecule is O=C(O)C(CC1CC1)c1cccc(Cl)c1. The molecule has 80 valence electrons. The number of hydrogen-bond acceptors (Lipinski definition) is 1. The molecule has 0 aromatic heterocycles. The molecule has 1 aromatic carbocycles. The van der Waals surface area contributed by atoms with Gasteiger partial charge in [-0.05, 0) is 30.0 Å². The number of aliphatic carboxylic acids is 1. The molecule has 0 saturated heterocycles. The average molecular weight is 225 g/mol. The van der Waals surface area contributed by atoms with Crippen LogP contribution in [0, 0.1) is 5.92 Å². The summed E-state index contributed by atoms with van der Waals surface area (Å²) in [6.07, 6.45) is 3.09. The molecule has 2 nitrogen and oxygen atoms in total. The Bertz CT molecular complexity index is 372. The van der Waals surface area contributed by atoms with Crippen LogP contribution in [0.1, 0.15) is 30.7 Å². The van der Waals surface area contributed by atoms with Gasteiger partial charge in [0.1, 0.15) is 0 Å². The molecule has 0 heterocycles. The van der Waals surface area contributed by atoms with Crippen LogP contribution in [0.3, 0.4) is 0 Å². The van der Waals surface area contributed by atoms with E-state index in [1.54, 1.807) is 18.2 Å². The van der Waals surface area contributed by atoms with Gasteiger partial charge in [-0.15, -0.1) is 0 Å². The molecule has 1 atom stereocenters. The second-order valence-electron chi connectivity index (χ2n) is 4.12. The van der Waals surface area contributed by atoms with Crippen LogP contribution >= 0.6 is 11.6 Å². The van der Waals surface area contributed by atoms with E-state index in [0.717, 1.165) is 12.0 Å². The lowest BCUT2D eigenvalue weighted by atomic mass is 9.94. The Balaban J connectivity index is 2.18. The number of rotatable bonds is 4. The molecule has 3 heteroatoms. The summed E-state index contributed by atoms with van der Waals surface area (Å²) >= 11 is 5.85. The van der Waals surface area contributed by atoms with Crippen molar-refractivity contribution in [1.82, 2.24) is 0 Å². The van der Waals surface area contributed by atoms with Gasteiger partial charge < -0.3 is 5.11 Å². The molecule has 2 rings (SSSR count). The summed E-state index contributed by atoms with van der Waals surface area (Å²) in [6.45, 7) is 0. The highest BCUT2D eigenvalue weighted by Crippen LogP contribution is 2.39. The van der Waals surface area contributed by atoms with Gasteiger partial charge in [0.25, 0.3) is 0 Å². The molecule has 0 spiro atoms. The lowest BCUT2D eigenvalue weighted by Crippen LogP contribution is -2.12. The lowest BCUT2D eigenvalue weighted by molar-refractivity contribution is -0.139. The van der Waals surface area contributed by atoms with Crippen LogP contribution in [0.25, 0.3) is 0 Å². The Morgan fingerprint density at radius 2 is 2.27 bits per heavy atom. The largest absolute Gasteiger partial charge is 0.481 e. The molecular formula is C12H13ClO2. The maximum absolute atomic E-state index is 11.1. The highest BCUT2D eigenvalue weighted by atomic mass is 35.5. The molecule has 1 aliphatic carbocycles. The fourth-order valence-electron chi connectivity index (χ4n) is 1.79. The third-order valence-corrected chi connectivity index (χ3v) is 3.05. The molecule has 0 radical (unpaired) electrons. The van der Waals surface area contributed by atoms with E-state index in [2.05, 4.69) is 0 Å². The molecule has 1 aliphatic rings. The fourth-order valence-corrected chi connectivity index (χ4v) is 1.99. The first-order valence-electron chi connectivity index (χ1n) is 5.15. The first kappa shape index (κ1) is 10.5. The third-order valence-electron chi connectivity index (χ3n) is 2.82. The van der Waals surface area contributed by atoms with Gasteiger partial charge in [0.15, 0.2) is 0 Å². The van der Waals surface area contributed by atoms with Crippen LogP contribution in [-0.2, 0) is 4.79 Å². The second-order valence-corrected chi connectivity index (χ2v) is 4.56. The minimum absolute atomic E-state index is 0.392. The zero-order valence-corrected chi connectivity index (χ0v) is 9.07. The smallest absolute Gasteiger partial charge is 0.310 e. The molecule has 1 unspecified atom stereocenters. The summed E-state index contributed by atoms with van der Waals surface area (Å²) in [5.41, 5.74) is 0.821. The topological polar surface area (TPSA) is 37.3 Å². The Kier molecular flexibility index (Phi) is 2.96. The van der Waals surface area contributed by atoms with Crippen molar-refractivity contribution in [3.05, 3.63) is 34.9 Å². The number of halogens is 1. The summed E-state index contributed by atoms with van der Waals surface area (Å²) in [5.74, 6) is -0.537. The van der Waals surface area contributed by atoms with Gasteiger partial charge in [-0.25, -0.2) is 0 Å². The Labute approximate surface area is 93.9 Å². The summed E-state index contributed by atoms with van der Waals surface area (Å²) in [6, 6.07) is 7.16. The number of hydrogen-bond donors (Lipinski definition) is 1. The Hall–Kier alpha value is -1.02. The van der Waals surface area contributed by atoms with Crippen LogP contribution in [0.5, 0.6) is 0 Å². The maximum atomic E-state index is 11.1. The predicted octanol–water partition coefficient (Wildman–Crippen LogP) is 3.31. The standard InChI is InChI=1S/C12H13ClO2/c13-10-3-1-2-9(7-10)11(12(14)15)6-8-4-5-8/h1-3,7-8,11H,4-6H2,(H,14,15). The lowest BCUT2D eigenvalue weighted by Gasteiger charge is -2.12. The van der Waals surface area contributed by atoms with Gasteiger partial charge in [0, 0.05) is 5.02 Å². The molecule has 0 amide bonds. The number of carbonyl (C=O) groups is 1. The maximum Gasteiger partial charge on any atom is 0.310 e. The summed E-state index contributed by atoms with van der Waals surface area (Å²) in [5, 5.41) is 9.76. The van der Waals surface area contributed by atoms with Crippen molar-refractivity contribution in [3.63, 3.8) is 0 Å². The van der Waals surface area contributed by atoms with E-state index in [1.807, 2.05) is 6.07 Å². The molecule has 1 N–H and O–H groups in total. The molecule has 1 aromatic rings. The first-order chi connectivity index (χ1) is 7.16. The minimum atomic E-state index is -0.746. The molecule has 1 fully saturated rings.